The van der Waals surface area contributed by atoms with Gasteiger partial charge in [0.05, 0.1) is 12.7 Å². The third-order valence-corrected chi connectivity index (χ3v) is 2.20. The lowest BCUT2D eigenvalue weighted by atomic mass is 10.1. The van der Waals surface area contributed by atoms with Crippen molar-refractivity contribution in [3.8, 4) is 5.75 Å². The Morgan fingerprint density at radius 1 is 1.43 bits per heavy atom. The van der Waals surface area contributed by atoms with Gasteiger partial charge in [0, 0.05) is 19.2 Å². The van der Waals surface area contributed by atoms with Gasteiger partial charge in [0.1, 0.15) is 11.6 Å². The highest BCUT2D eigenvalue weighted by atomic mass is 19.1. The molecule has 1 unspecified atom stereocenters. The Labute approximate surface area is 81.5 Å². The van der Waals surface area contributed by atoms with E-state index >= 15 is 0 Å². The molecule has 1 saturated heterocycles. The van der Waals surface area contributed by atoms with E-state index in [9.17, 15) is 9.50 Å². The predicted octanol–water partition coefficient (Wildman–Crippen LogP) is 1.19. The molecule has 2 N–H and O–H groups in total. The van der Waals surface area contributed by atoms with Gasteiger partial charge < -0.3 is 15.2 Å². The number of nitrogens with one attached hydrogen (secondary N) is 1. The van der Waals surface area contributed by atoms with Crippen molar-refractivity contribution < 1.29 is 14.2 Å². The van der Waals surface area contributed by atoms with Crippen LogP contribution in [-0.2, 0) is 4.74 Å². The lowest BCUT2D eigenvalue weighted by Gasteiger charge is -2.24. The van der Waals surface area contributed by atoms with Crippen LogP contribution in [0.1, 0.15) is 11.7 Å². The minimum absolute atomic E-state index is 0.0610. The van der Waals surface area contributed by atoms with Crippen molar-refractivity contribution >= 4 is 0 Å². The molecule has 0 amide bonds. The normalized spacial score (nSPS) is 22.2. The molecule has 0 bridgehead atoms. The zero-order valence-electron chi connectivity index (χ0n) is 7.66. The van der Waals surface area contributed by atoms with Crippen LogP contribution in [0.5, 0.6) is 5.75 Å². The van der Waals surface area contributed by atoms with Crippen molar-refractivity contribution in [1.29, 1.82) is 0 Å². The Morgan fingerprint density at radius 3 is 2.93 bits per heavy atom. The van der Waals surface area contributed by atoms with E-state index in [0.717, 1.165) is 12.6 Å². The number of halogens is 1. The van der Waals surface area contributed by atoms with Gasteiger partial charge in [0.25, 0.3) is 0 Å². The van der Waals surface area contributed by atoms with E-state index in [1.807, 2.05) is 0 Å². The largest absolute Gasteiger partial charge is 0.508 e. The zero-order valence-corrected chi connectivity index (χ0v) is 7.66. The van der Waals surface area contributed by atoms with E-state index in [0.29, 0.717) is 18.7 Å². The van der Waals surface area contributed by atoms with Crippen LogP contribution >= 0.6 is 0 Å². The van der Waals surface area contributed by atoms with Crippen molar-refractivity contribution in [1.82, 2.24) is 5.32 Å². The number of hydrogen-bond donors (Lipinski definition) is 2. The number of rotatable bonds is 1. The third kappa shape index (κ3) is 2.02. The Hall–Kier alpha value is -1.13. The summed E-state index contributed by atoms with van der Waals surface area (Å²) in [5.41, 5.74) is 0.676. The summed E-state index contributed by atoms with van der Waals surface area (Å²) in [5.74, 6) is -0.497. The molecule has 1 fully saturated rings. The van der Waals surface area contributed by atoms with Gasteiger partial charge in [-0.1, -0.05) is 0 Å². The fourth-order valence-corrected chi connectivity index (χ4v) is 1.56. The molecule has 0 saturated carbocycles. The first-order valence-electron chi connectivity index (χ1n) is 4.57. The van der Waals surface area contributed by atoms with Crippen LogP contribution in [0, 0.1) is 5.82 Å². The quantitative estimate of drug-likeness (QED) is 0.710. The number of ether oxygens (including phenoxy) is 1. The van der Waals surface area contributed by atoms with Crippen LogP contribution < -0.4 is 5.32 Å². The van der Waals surface area contributed by atoms with Crippen molar-refractivity contribution in [2.45, 2.75) is 6.10 Å². The van der Waals surface area contributed by atoms with E-state index in [-0.39, 0.29) is 11.9 Å². The number of aromatic hydroxyl groups is 1. The van der Waals surface area contributed by atoms with Gasteiger partial charge >= 0.3 is 0 Å². The molecule has 0 radical (unpaired) electrons. The standard InChI is InChI=1S/C10H12FNO2/c11-8-3-7(4-9(13)5-8)10-6-12-1-2-14-10/h3-5,10,12-13H,1-2,6H2. The topological polar surface area (TPSA) is 41.5 Å². The molecule has 1 aliphatic rings. The minimum Gasteiger partial charge on any atom is -0.508 e. The van der Waals surface area contributed by atoms with Gasteiger partial charge in [-0.15, -0.1) is 0 Å². The molecule has 1 atom stereocenters. The van der Waals surface area contributed by atoms with E-state index in [1.54, 1.807) is 0 Å². The van der Waals surface area contributed by atoms with E-state index in [4.69, 9.17) is 4.74 Å². The summed E-state index contributed by atoms with van der Waals surface area (Å²) in [7, 11) is 0. The maximum absolute atomic E-state index is 12.9. The van der Waals surface area contributed by atoms with Crippen molar-refractivity contribution in [2.24, 2.45) is 0 Å². The van der Waals surface area contributed by atoms with E-state index < -0.39 is 5.82 Å². The number of phenols is 1. The van der Waals surface area contributed by atoms with Crippen LogP contribution in [-0.4, -0.2) is 24.8 Å². The van der Waals surface area contributed by atoms with Gasteiger partial charge in [-0.2, -0.15) is 0 Å². The molecule has 1 heterocycles. The third-order valence-electron chi connectivity index (χ3n) is 2.20. The van der Waals surface area contributed by atoms with Gasteiger partial charge in [0.15, 0.2) is 0 Å². The molecular formula is C10H12FNO2. The number of hydrogen-bond acceptors (Lipinski definition) is 3. The highest BCUT2D eigenvalue weighted by molar-refractivity contribution is 5.30. The van der Waals surface area contributed by atoms with E-state index in [2.05, 4.69) is 5.32 Å². The first-order chi connectivity index (χ1) is 6.75. The molecular weight excluding hydrogens is 185 g/mol. The summed E-state index contributed by atoms with van der Waals surface area (Å²) < 4.78 is 18.4. The first-order valence-corrected chi connectivity index (χ1v) is 4.57. The first kappa shape index (κ1) is 9.43. The zero-order chi connectivity index (χ0) is 9.97. The summed E-state index contributed by atoms with van der Waals surface area (Å²) in [4.78, 5) is 0. The van der Waals surface area contributed by atoms with Gasteiger partial charge in [-0.05, 0) is 17.7 Å². The maximum Gasteiger partial charge on any atom is 0.127 e. The molecule has 1 aliphatic heterocycles. The Bertz CT molecular complexity index is 304. The van der Waals surface area contributed by atoms with Crippen LogP contribution in [0.15, 0.2) is 18.2 Å². The summed E-state index contributed by atoms with van der Waals surface area (Å²) in [6, 6.07) is 4.00. The molecule has 0 aliphatic carbocycles. The lowest BCUT2D eigenvalue weighted by molar-refractivity contribution is 0.0274. The Morgan fingerprint density at radius 2 is 2.29 bits per heavy atom. The molecule has 76 valence electrons. The monoisotopic (exact) mass is 197 g/mol. The second-order valence-electron chi connectivity index (χ2n) is 3.31. The molecule has 14 heavy (non-hydrogen) atoms. The highest BCUT2D eigenvalue weighted by Gasteiger charge is 2.16. The second-order valence-corrected chi connectivity index (χ2v) is 3.31. The van der Waals surface area contributed by atoms with Crippen LogP contribution in [0.4, 0.5) is 4.39 Å². The van der Waals surface area contributed by atoms with Crippen molar-refractivity contribution in [2.75, 3.05) is 19.7 Å². The van der Waals surface area contributed by atoms with Gasteiger partial charge in [-0.3, -0.25) is 0 Å². The average molecular weight is 197 g/mol. The SMILES string of the molecule is Oc1cc(F)cc(C2CNCCO2)c1. The number of phenolic OH excluding ortho intramolecular Hbond substituents is 1. The van der Waals surface area contributed by atoms with Crippen LogP contribution in [0.3, 0.4) is 0 Å². The van der Waals surface area contributed by atoms with Gasteiger partial charge in [-0.25, -0.2) is 4.39 Å². The number of morpholine rings is 1. The van der Waals surface area contributed by atoms with E-state index in [1.165, 1.54) is 12.1 Å². The molecule has 1 aromatic carbocycles. The fourth-order valence-electron chi connectivity index (χ4n) is 1.56. The van der Waals surface area contributed by atoms with Crippen LogP contribution in [0.2, 0.25) is 0 Å². The van der Waals surface area contributed by atoms with Crippen molar-refractivity contribution in [3.05, 3.63) is 29.6 Å². The molecule has 0 spiro atoms. The second kappa shape index (κ2) is 3.94. The van der Waals surface area contributed by atoms with Gasteiger partial charge in [0.2, 0.25) is 0 Å². The molecule has 1 aromatic rings. The Balaban J connectivity index is 2.21. The summed E-state index contributed by atoms with van der Waals surface area (Å²) >= 11 is 0. The summed E-state index contributed by atoms with van der Waals surface area (Å²) in [6.45, 7) is 2.09. The Kier molecular flexibility index (Phi) is 2.65. The molecule has 4 heteroatoms. The predicted molar refractivity (Wildman–Crippen MR) is 49.6 cm³/mol. The molecule has 3 nitrogen and oxygen atoms in total. The average Bonchev–Trinajstić information content (AvgIpc) is 2.18. The molecule has 0 aromatic heterocycles. The summed E-state index contributed by atoms with van der Waals surface area (Å²) in [6.07, 6.45) is -0.162. The minimum atomic E-state index is -0.436. The lowest BCUT2D eigenvalue weighted by Crippen LogP contribution is -2.33. The smallest absolute Gasteiger partial charge is 0.127 e. The number of benzene rings is 1. The summed E-state index contributed by atoms with van der Waals surface area (Å²) in [5, 5.41) is 12.4. The van der Waals surface area contributed by atoms with Crippen molar-refractivity contribution in [3.63, 3.8) is 0 Å². The fraction of sp³-hybridized carbons (Fsp3) is 0.400. The molecule has 2 rings (SSSR count). The maximum atomic E-state index is 12.9. The highest BCUT2D eigenvalue weighted by Crippen LogP contribution is 2.23. The van der Waals surface area contributed by atoms with Crippen LogP contribution in [0.25, 0.3) is 0 Å².